The number of rotatable bonds is 7. The number of nitrogens with one attached hydrogen (secondary N) is 1. The Hall–Kier alpha value is -1.24. The van der Waals surface area contributed by atoms with Gasteiger partial charge in [-0.25, -0.2) is 0 Å². The number of hydrogen-bond acceptors (Lipinski definition) is 4. The smallest absolute Gasteiger partial charge is 0.387 e. The second kappa shape index (κ2) is 7.85. The Morgan fingerprint density at radius 1 is 1.27 bits per heavy atom. The fourth-order valence-electron chi connectivity index (χ4n) is 2.62. The van der Waals surface area contributed by atoms with Crippen molar-refractivity contribution in [1.82, 2.24) is 5.32 Å². The third-order valence-corrected chi connectivity index (χ3v) is 4.28. The van der Waals surface area contributed by atoms with Gasteiger partial charge in [-0.3, -0.25) is 0 Å². The van der Waals surface area contributed by atoms with E-state index in [-0.39, 0.29) is 23.8 Å². The lowest BCUT2D eigenvalue weighted by Crippen LogP contribution is -2.42. The van der Waals surface area contributed by atoms with Gasteiger partial charge in [0.15, 0.2) is 0 Å². The van der Waals surface area contributed by atoms with Crippen molar-refractivity contribution in [2.24, 2.45) is 5.41 Å². The molecule has 0 bridgehead atoms. The van der Waals surface area contributed by atoms with Crippen LogP contribution in [0.4, 0.5) is 8.78 Å². The van der Waals surface area contributed by atoms with Crippen LogP contribution in [0.15, 0.2) is 24.3 Å². The minimum Gasteiger partial charge on any atom is -0.435 e. The van der Waals surface area contributed by atoms with Crippen LogP contribution < -0.4 is 10.1 Å². The summed E-state index contributed by atoms with van der Waals surface area (Å²) < 4.78 is 33.9. The van der Waals surface area contributed by atoms with E-state index in [1.54, 1.807) is 12.1 Å². The van der Waals surface area contributed by atoms with Crippen molar-refractivity contribution < 1.29 is 23.4 Å². The summed E-state index contributed by atoms with van der Waals surface area (Å²) in [6.45, 7) is 1.39. The topological polar surface area (TPSA) is 50.7 Å². The largest absolute Gasteiger partial charge is 0.435 e. The number of hydrogen-bond donors (Lipinski definition) is 2. The zero-order valence-corrected chi connectivity index (χ0v) is 12.7. The molecule has 1 aromatic carbocycles. The van der Waals surface area contributed by atoms with Crippen LogP contribution in [0.5, 0.6) is 5.75 Å². The van der Waals surface area contributed by atoms with Gasteiger partial charge in [-0.1, -0.05) is 12.1 Å². The highest BCUT2D eigenvalue weighted by atomic mass is 19.3. The molecule has 0 aromatic heterocycles. The van der Waals surface area contributed by atoms with E-state index in [9.17, 15) is 13.9 Å². The van der Waals surface area contributed by atoms with Gasteiger partial charge >= 0.3 is 6.61 Å². The quantitative estimate of drug-likeness (QED) is 0.812. The van der Waals surface area contributed by atoms with Gasteiger partial charge in [-0.05, 0) is 37.5 Å². The van der Waals surface area contributed by atoms with Crippen molar-refractivity contribution in [3.05, 3.63) is 29.8 Å². The van der Waals surface area contributed by atoms with Crippen LogP contribution in [0, 0.1) is 5.41 Å². The maximum atomic E-state index is 12.1. The van der Waals surface area contributed by atoms with Crippen LogP contribution in [-0.4, -0.2) is 38.1 Å². The molecule has 22 heavy (non-hydrogen) atoms. The van der Waals surface area contributed by atoms with E-state index >= 15 is 0 Å². The number of ether oxygens (including phenoxy) is 2. The molecule has 1 aromatic rings. The molecule has 0 spiro atoms. The Kier molecular flexibility index (Phi) is 6.11. The molecule has 2 rings (SSSR count). The normalized spacial score (nSPS) is 19.1. The van der Waals surface area contributed by atoms with Gasteiger partial charge in [0.1, 0.15) is 5.75 Å². The van der Waals surface area contributed by atoms with Gasteiger partial charge in [-0.2, -0.15) is 8.78 Å². The average Bonchev–Trinajstić information content (AvgIpc) is 2.54. The zero-order chi connectivity index (χ0) is 16.0. The predicted octanol–water partition coefficient (Wildman–Crippen LogP) is 2.73. The molecular formula is C16H23F2NO3. The third kappa shape index (κ3) is 4.63. The first-order valence-electron chi connectivity index (χ1n) is 7.51. The van der Waals surface area contributed by atoms with Crippen LogP contribution in [-0.2, 0) is 4.74 Å². The highest BCUT2D eigenvalue weighted by Crippen LogP contribution is 2.30. The Labute approximate surface area is 129 Å². The maximum absolute atomic E-state index is 12.1. The van der Waals surface area contributed by atoms with Crippen molar-refractivity contribution in [2.75, 3.05) is 26.4 Å². The van der Waals surface area contributed by atoms with E-state index in [1.807, 2.05) is 6.92 Å². The lowest BCUT2D eigenvalue weighted by molar-refractivity contribution is -0.0498. The van der Waals surface area contributed by atoms with Crippen molar-refractivity contribution in [3.8, 4) is 5.75 Å². The van der Waals surface area contributed by atoms with Crippen LogP contribution >= 0.6 is 0 Å². The molecule has 1 saturated heterocycles. The summed E-state index contributed by atoms with van der Waals surface area (Å²) in [5.74, 6) is 0.155. The molecule has 1 fully saturated rings. The molecule has 1 heterocycles. The molecule has 0 amide bonds. The first-order chi connectivity index (χ1) is 10.5. The maximum Gasteiger partial charge on any atom is 0.387 e. The fourth-order valence-corrected chi connectivity index (χ4v) is 2.62. The number of alkyl halides is 2. The zero-order valence-electron chi connectivity index (χ0n) is 12.7. The average molecular weight is 315 g/mol. The van der Waals surface area contributed by atoms with Gasteiger partial charge < -0.3 is 19.9 Å². The van der Waals surface area contributed by atoms with Gasteiger partial charge in [0.05, 0.1) is 6.61 Å². The summed E-state index contributed by atoms with van der Waals surface area (Å²) in [5, 5.41) is 13.1. The van der Waals surface area contributed by atoms with Crippen LogP contribution in [0.3, 0.4) is 0 Å². The van der Waals surface area contributed by atoms with E-state index in [2.05, 4.69) is 10.1 Å². The summed E-state index contributed by atoms with van der Waals surface area (Å²) in [7, 11) is 0. The third-order valence-electron chi connectivity index (χ3n) is 4.28. The van der Waals surface area contributed by atoms with Crippen LogP contribution in [0.1, 0.15) is 31.4 Å². The second-order valence-electron chi connectivity index (χ2n) is 5.82. The minimum atomic E-state index is -2.81. The Balaban J connectivity index is 1.89. The highest BCUT2D eigenvalue weighted by molar-refractivity contribution is 5.29. The first kappa shape index (κ1) is 17.1. The molecule has 1 aliphatic heterocycles. The molecule has 124 valence electrons. The summed E-state index contributed by atoms with van der Waals surface area (Å²) in [4.78, 5) is 0. The summed E-state index contributed by atoms with van der Waals surface area (Å²) >= 11 is 0. The lowest BCUT2D eigenvalue weighted by atomic mass is 9.80. The lowest BCUT2D eigenvalue weighted by Gasteiger charge is -2.36. The molecule has 0 saturated carbocycles. The Morgan fingerprint density at radius 3 is 2.45 bits per heavy atom. The number of aliphatic hydroxyl groups is 1. The van der Waals surface area contributed by atoms with Gasteiger partial charge in [0.2, 0.25) is 0 Å². The predicted molar refractivity (Wildman–Crippen MR) is 79.1 cm³/mol. The molecule has 1 unspecified atom stereocenters. The molecule has 1 atom stereocenters. The fraction of sp³-hybridized carbons (Fsp3) is 0.625. The molecule has 2 N–H and O–H groups in total. The van der Waals surface area contributed by atoms with E-state index in [1.165, 1.54) is 12.1 Å². The minimum absolute atomic E-state index is 0.0619. The van der Waals surface area contributed by atoms with Crippen LogP contribution in [0.25, 0.3) is 0 Å². The van der Waals surface area contributed by atoms with Gasteiger partial charge in [0.25, 0.3) is 0 Å². The standard InChI is InChI=1S/C16H23F2NO3/c1-12(13-2-4-14(5-3-13)22-15(17)18)19-10-16(11-20)6-8-21-9-7-16/h2-5,12,15,19-20H,6-11H2,1H3. The SMILES string of the molecule is CC(NCC1(CO)CCOCC1)c1ccc(OC(F)F)cc1. The monoisotopic (exact) mass is 315 g/mol. The van der Waals surface area contributed by atoms with Crippen molar-refractivity contribution in [1.29, 1.82) is 0 Å². The van der Waals surface area contributed by atoms with Crippen LogP contribution in [0.2, 0.25) is 0 Å². The summed E-state index contributed by atoms with van der Waals surface area (Å²) in [5.41, 5.74) is 0.854. The molecule has 1 aliphatic rings. The Bertz CT molecular complexity index is 447. The number of aliphatic hydroxyl groups excluding tert-OH is 1. The van der Waals surface area contributed by atoms with E-state index in [4.69, 9.17) is 4.74 Å². The molecule has 6 heteroatoms. The number of benzene rings is 1. The van der Waals surface area contributed by atoms with Gasteiger partial charge in [-0.15, -0.1) is 0 Å². The van der Waals surface area contributed by atoms with Gasteiger partial charge in [0, 0.05) is 31.2 Å². The molecule has 0 aliphatic carbocycles. The molecule has 0 radical (unpaired) electrons. The van der Waals surface area contributed by atoms with E-state index in [0.717, 1.165) is 18.4 Å². The van der Waals surface area contributed by atoms with Crippen molar-refractivity contribution >= 4 is 0 Å². The summed E-state index contributed by atoms with van der Waals surface area (Å²) in [6.07, 6.45) is 1.68. The summed E-state index contributed by atoms with van der Waals surface area (Å²) in [6, 6.07) is 6.67. The second-order valence-corrected chi connectivity index (χ2v) is 5.82. The van der Waals surface area contributed by atoms with E-state index in [0.29, 0.717) is 19.8 Å². The molecular weight excluding hydrogens is 292 g/mol. The van der Waals surface area contributed by atoms with Crippen molar-refractivity contribution in [2.45, 2.75) is 32.4 Å². The number of halogens is 2. The highest BCUT2D eigenvalue weighted by Gasteiger charge is 2.32. The first-order valence-corrected chi connectivity index (χ1v) is 7.51. The molecule has 4 nitrogen and oxygen atoms in total. The Morgan fingerprint density at radius 2 is 1.91 bits per heavy atom. The van der Waals surface area contributed by atoms with E-state index < -0.39 is 6.61 Å². The van der Waals surface area contributed by atoms with Crippen molar-refractivity contribution in [3.63, 3.8) is 0 Å².